The zero-order valence-corrected chi connectivity index (χ0v) is 14.3. The Kier molecular flexibility index (Phi) is 5.26. The monoisotopic (exact) mass is 324 g/mol. The zero-order chi connectivity index (χ0) is 16.9. The highest BCUT2D eigenvalue weighted by atomic mass is 16.5. The van der Waals surface area contributed by atoms with Gasteiger partial charge in [0.2, 0.25) is 0 Å². The van der Waals surface area contributed by atoms with Gasteiger partial charge in [0, 0.05) is 38.0 Å². The van der Waals surface area contributed by atoms with Crippen LogP contribution in [0, 0.1) is 12.8 Å². The molecule has 1 aromatic carbocycles. The van der Waals surface area contributed by atoms with E-state index in [0.717, 1.165) is 31.6 Å². The van der Waals surface area contributed by atoms with E-state index in [1.807, 2.05) is 30.0 Å². The van der Waals surface area contributed by atoms with Gasteiger partial charge in [-0.1, -0.05) is 30.3 Å². The maximum atomic E-state index is 12.7. The largest absolute Gasteiger partial charge is 0.381 e. The van der Waals surface area contributed by atoms with Gasteiger partial charge in [-0.3, -0.25) is 9.78 Å². The molecule has 1 saturated heterocycles. The van der Waals surface area contributed by atoms with Gasteiger partial charge in [0.15, 0.2) is 0 Å². The first-order valence-electron chi connectivity index (χ1n) is 8.46. The molecule has 0 N–H and O–H groups in total. The predicted molar refractivity (Wildman–Crippen MR) is 93.9 cm³/mol. The van der Waals surface area contributed by atoms with Crippen molar-refractivity contribution >= 4 is 5.91 Å². The molecule has 1 aromatic heterocycles. The lowest BCUT2D eigenvalue weighted by Gasteiger charge is -2.38. The van der Waals surface area contributed by atoms with E-state index in [9.17, 15) is 4.79 Å². The lowest BCUT2D eigenvalue weighted by molar-refractivity contribution is -0.00300. The topological polar surface area (TPSA) is 42.4 Å². The number of pyridine rings is 1. The summed E-state index contributed by atoms with van der Waals surface area (Å²) in [7, 11) is 1.77. The van der Waals surface area contributed by atoms with Gasteiger partial charge in [0.05, 0.1) is 11.7 Å². The average molecular weight is 324 g/mol. The highest BCUT2D eigenvalue weighted by molar-refractivity contribution is 5.94. The molecule has 0 saturated carbocycles. The van der Waals surface area contributed by atoms with E-state index in [2.05, 4.69) is 29.2 Å². The van der Waals surface area contributed by atoms with E-state index in [-0.39, 0.29) is 12.0 Å². The first-order chi connectivity index (χ1) is 11.7. The highest BCUT2D eigenvalue weighted by Crippen LogP contribution is 2.24. The Hall–Kier alpha value is -2.20. The standard InChI is InChI=1S/C20H24N2O2/c1-15-8-9-17(13-21-15)20(23)22-11-10-19(24-2)18(14-22)12-16-6-4-3-5-7-16/h3-9,13,18-19H,10-12,14H2,1-2H3/t18-,19-/m1/s1. The normalized spacial score (nSPS) is 20.8. The Morgan fingerprint density at radius 2 is 2.04 bits per heavy atom. The number of carbonyl (C=O) groups is 1. The number of amides is 1. The quantitative estimate of drug-likeness (QED) is 0.868. The van der Waals surface area contributed by atoms with Crippen molar-refractivity contribution < 1.29 is 9.53 Å². The van der Waals surface area contributed by atoms with Crippen LogP contribution < -0.4 is 0 Å². The van der Waals surface area contributed by atoms with Gasteiger partial charge in [-0.05, 0) is 37.5 Å². The number of benzene rings is 1. The van der Waals surface area contributed by atoms with Gasteiger partial charge in [-0.2, -0.15) is 0 Å². The molecule has 0 radical (unpaired) electrons. The smallest absolute Gasteiger partial charge is 0.255 e. The molecule has 0 spiro atoms. The number of hydrogen-bond acceptors (Lipinski definition) is 3. The van der Waals surface area contributed by atoms with Crippen molar-refractivity contribution in [3.8, 4) is 0 Å². The van der Waals surface area contributed by atoms with Crippen LogP contribution in [0.15, 0.2) is 48.7 Å². The van der Waals surface area contributed by atoms with Gasteiger partial charge < -0.3 is 9.64 Å². The molecule has 0 unspecified atom stereocenters. The van der Waals surface area contributed by atoms with Crippen LogP contribution in [0.5, 0.6) is 0 Å². The molecule has 24 heavy (non-hydrogen) atoms. The molecular formula is C20H24N2O2. The molecule has 2 atom stereocenters. The van der Waals surface area contributed by atoms with Gasteiger partial charge in [-0.15, -0.1) is 0 Å². The third-order valence-electron chi connectivity index (χ3n) is 4.75. The fourth-order valence-electron chi connectivity index (χ4n) is 3.40. The number of likely N-dealkylation sites (tertiary alicyclic amines) is 1. The Balaban J connectivity index is 1.72. The fraction of sp³-hybridized carbons (Fsp3) is 0.400. The summed E-state index contributed by atoms with van der Waals surface area (Å²) in [4.78, 5) is 18.9. The minimum absolute atomic E-state index is 0.0649. The Morgan fingerprint density at radius 1 is 1.25 bits per heavy atom. The van der Waals surface area contributed by atoms with Crippen LogP contribution in [0.1, 0.15) is 28.0 Å². The van der Waals surface area contributed by atoms with Gasteiger partial charge in [-0.25, -0.2) is 0 Å². The number of carbonyl (C=O) groups excluding carboxylic acids is 1. The third kappa shape index (κ3) is 3.82. The molecule has 3 rings (SSSR count). The van der Waals surface area contributed by atoms with Crippen LogP contribution in [0.4, 0.5) is 0 Å². The summed E-state index contributed by atoms with van der Waals surface area (Å²) < 4.78 is 5.68. The molecule has 4 nitrogen and oxygen atoms in total. The van der Waals surface area contributed by atoms with E-state index < -0.39 is 0 Å². The van der Waals surface area contributed by atoms with Crippen LogP contribution in [-0.4, -0.2) is 42.1 Å². The summed E-state index contributed by atoms with van der Waals surface area (Å²) in [6.45, 7) is 3.38. The van der Waals surface area contributed by atoms with Crippen LogP contribution in [0.3, 0.4) is 0 Å². The van der Waals surface area contributed by atoms with Crippen LogP contribution in [0.25, 0.3) is 0 Å². The number of hydrogen-bond donors (Lipinski definition) is 0. The molecule has 1 aliphatic rings. The molecule has 2 aromatic rings. The summed E-state index contributed by atoms with van der Waals surface area (Å²) in [6.07, 6.45) is 3.67. The Labute approximate surface area is 143 Å². The van der Waals surface area contributed by atoms with Gasteiger partial charge in [0.25, 0.3) is 5.91 Å². The van der Waals surface area contributed by atoms with Crippen molar-refractivity contribution in [1.29, 1.82) is 0 Å². The number of aryl methyl sites for hydroxylation is 1. The van der Waals surface area contributed by atoms with Crippen LogP contribution >= 0.6 is 0 Å². The lowest BCUT2D eigenvalue weighted by Crippen LogP contribution is -2.47. The second kappa shape index (κ2) is 7.58. The zero-order valence-electron chi connectivity index (χ0n) is 14.3. The second-order valence-electron chi connectivity index (χ2n) is 6.45. The van der Waals surface area contributed by atoms with E-state index in [1.54, 1.807) is 13.3 Å². The SMILES string of the molecule is CO[C@@H]1CCN(C(=O)c2ccc(C)nc2)C[C@H]1Cc1ccccc1. The Bertz CT molecular complexity index is 670. The first-order valence-corrected chi connectivity index (χ1v) is 8.46. The van der Waals surface area contributed by atoms with Crippen molar-refractivity contribution in [3.05, 3.63) is 65.5 Å². The molecule has 4 heteroatoms. The number of nitrogens with zero attached hydrogens (tertiary/aromatic N) is 2. The Morgan fingerprint density at radius 3 is 2.71 bits per heavy atom. The molecule has 1 fully saturated rings. The molecule has 1 aliphatic heterocycles. The summed E-state index contributed by atoms with van der Waals surface area (Å²) in [6, 6.07) is 14.2. The maximum Gasteiger partial charge on any atom is 0.255 e. The van der Waals surface area contributed by atoms with Crippen molar-refractivity contribution in [2.75, 3.05) is 20.2 Å². The molecule has 0 bridgehead atoms. The van der Waals surface area contributed by atoms with Crippen LogP contribution in [0.2, 0.25) is 0 Å². The van der Waals surface area contributed by atoms with E-state index in [1.165, 1.54) is 5.56 Å². The van der Waals surface area contributed by atoms with Crippen molar-refractivity contribution in [3.63, 3.8) is 0 Å². The number of aromatic nitrogens is 1. The van der Waals surface area contributed by atoms with Crippen molar-refractivity contribution in [1.82, 2.24) is 9.88 Å². The number of methoxy groups -OCH3 is 1. The van der Waals surface area contributed by atoms with Gasteiger partial charge >= 0.3 is 0 Å². The lowest BCUT2D eigenvalue weighted by atomic mass is 9.88. The average Bonchev–Trinajstić information content (AvgIpc) is 2.62. The third-order valence-corrected chi connectivity index (χ3v) is 4.75. The number of rotatable bonds is 4. The van der Waals surface area contributed by atoms with E-state index >= 15 is 0 Å². The molecule has 126 valence electrons. The summed E-state index contributed by atoms with van der Waals surface area (Å²) in [5.74, 6) is 0.378. The molecule has 1 amide bonds. The fourth-order valence-corrected chi connectivity index (χ4v) is 3.40. The minimum atomic E-state index is 0.0649. The summed E-state index contributed by atoms with van der Waals surface area (Å²) in [5, 5.41) is 0. The molecule has 0 aliphatic carbocycles. The minimum Gasteiger partial charge on any atom is -0.381 e. The molecular weight excluding hydrogens is 300 g/mol. The van der Waals surface area contributed by atoms with E-state index in [4.69, 9.17) is 4.74 Å². The number of ether oxygens (including phenoxy) is 1. The van der Waals surface area contributed by atoms with Gasteiger partial charge in [0.1, 0.15) is 0 Å². The summed E-state index contributed by atoms with van der Waals surface area (Å²) >= 11 is 0. The molecule has 2 heterocycles. The number of piperidine rings is 1. The van der Waals surface area contributed by atoms with E-state index in [0.29, 0.717) is 11.5 Å². The van der Waals surface area contributed by atoms with Crippen molar-refractivity contribution in [2.45, 2.75) is 25.9 Å². The predicted octanol–water partition coefficient (Wildman–Crippen LogP) is 3.11. The first kappa shape index (κ1) is 16.7. The van der Waals surface area contributed by atoms with Crippen LogP contribution in [-0.2, 0) is 11.2 Å². The summed E-state index contributed by atoms with van der Waals surface area (Å²) in [5.41, 5.74) is 2.87. The van der Waals surface area contributed by atoms with Crippen molar-refractivity contribution in [2.24, 2.45) is 5.92 Å². The highest BCUT2D eigenvalue weighted by Gasteiger charge is 2.32. The maximum absolute atomic E-state index is 12.7. The second-order valence-corrected chi connectivity index (χ2v) is 6.45.